The first kappa shape index (κ1) is 20.3. The highest BCUT2D eigenvalue weighted by molar-refractivity contribution is 5.97. The van der Waals surface area contributed by atoms with Gasteiger partial charge in [0.25, 0.3) is 5.91 Å². The molecule has 3 aliphatic rings. The molecule has 1 atom stereocenters. The van der Waals surface area contributed by atoms with Gasteiger partial charge < -0.3 is 15.0 Å². The molecule has 0 aromatic heterocycles. The molecule has 2 aromatic carbocycles. The molecule has 31 heavy (non-hydrogen) atoms. The summed E-state index contributed by atoms with van der Waals surface area (Å²) in [6.45, 7) is 4.78. The van der Waals surface area contributed by atoms with Crippen molar-refractivity contribution in [3.8, 4) is 5.75 Å². The Bertz CT molecular complexity index is 939. The molecule has 0 bridgehead atoms. The van der Waals surface area contributed by atoms with Crippen LogP contribution < -0.4 is 15.0 Å². The van der Waals surface area contributed by atoms with E-state index in [1.54, 1.807) is 0 Å². The molecule has 5 rings (SSSR count). The molecular weight excluding hydrogens is 393 g/mol. The predicted octanol–water partition coefficient (Wildman–Crippen LogP) is 4.01. The van der Waals surface area contributed by atoms with E-state index in [9.17, 15) is 9.18 Å². The summed E-state index contributed by atoms with van der Waals surface area (Å²) in [5, 5.41) is 3.07. The molecule has 1 aliphatic carbocycles. The molecular formula is C25H30FN3O2. The number of nitrogens with zero attached hydrogens (tertiary/aromatic N) is 2. The Kier molecular flexibility index (Phi) is 5.81. The van der Waals surface area contributed by atoms with Crippen molar-refractivity contribution in [2.45, 2.75) is 44.6 Å². The number of nitrogens with one attached hydrogen (secondary N) is 1. The van der Waals surface area contributed by atoms with Gasteiger partial charge in [-0.2, -0.15) is 0 Å². The Morgan fingerprint density at radius 3 is 2.45 bits per heavy atom. The molecule has 1 N–H and O–H groups in total. The van der Waals surface area contributed by atoms with E-state index in [0.717, 1.165) is 75.5 Å². The smallest absolute Gasteiger partial charge is 0.265 e. The Morgan fingerprint density at radius 2 is 1.71 bits per heavy atom. The van der Waals surface area contributed by atoms with E-state index < -0.39 is 6.10 Å². The lowest BCUT2D eigenvalue weighted by Gasteiger charge is -2.36. The highest BCUT2D eigenvalue weighted by Crippen LogP contribution is 2.36. The van der Waals surface area contributed by atoms with Gasteiger partial charge >= 0.3 is 0 Å². The zero-order valence-corrected chi connectivity index (χ0v) is 17.9. The van der Waals surface area contributed by atoms with Crippen LogP contribution in [0, 0.1) is 5.82 Å². The standard InChI is InChI=1S/C25H30FN3O2/c26-20-7-9-21(10-8-20)29-14-12-28(13-15-29)11-3-6-23-25(30)27-22-16-18-4-1-2-5-19(18)17-24(22)31-23/h7-10,16-17,23H,1-6,11-15H2,(H,27,30). The summed E-state index contributed by atoms with van der Waals surface area (Å²) in [7, 11) is 0. The lowest BCUT2D eigenvalue weighted by molar-refractivity contribution is -0.123. The third-order valence-electron chi connectivity index (χ3n) is 6.77. The molecule has 0 saturated carbocycles. The van der Waals surface area contributed by atoms with Gasteiger partial charge in [0.05, 0.1) is 5.69 Å². The fraction of sp³-hybridized carbons (Fsp3) is 0.480. The van der Waals surface area contributed by atoms with Crippen molar-refractivity contribution in [3.63, 3.8) is 0 Å². The molecule has 1 saturated heterocycles. The molecule has 2 aromatic rings. The molecule has 164 valence electrons. The summed E-state index contributed by atoms with van der Waals surface area (Å²) < 4.78 is 19.2. The van der Waals surface area contributed by atoms with E-state index in [1.807, 2.05) is 12.1 Å². The molecule has 1 unspecified atom stereocenters. The van der Waals surface area contributed by atoms with Gasteiger partial charge in [0.2, 0.25) is 0 Å². The van der Waals surface area contributed by atoms with Crippen LogP contribution in [-0.2, 0) is 17.6 Å². The number of ether oxygens (including phenoxy) is 1. The summed E-state index contributed by atoms with van der Waals surface area (Å²) in [5.41, 5.74) is 4.64. The third kappa shape index (κ3) is 4.54. The first-order valence-corrected chi connectivity index (χ1v) is 11.5. The van der Waals surface area contributed by atoms with Crippen molar-refractivity contribution in [1.82, 2.24) is 4.90 Å². The minimum Gasteiger partial charge on any atom is -0.478 e. The van der Waals surface area contributed by atoms with Gasteiger partial charge in [-0.3, -0.25) is 9.69 Å². The summed E-state index contributed by atoms with van der Waals surface area (Å²) in [5.74, 6) is 0.612. The van der Waals surface area contributed by atoms with Crippen molar-refractivity contribution in [2.75, 3.05) is 42.9 Å². The van der Waals surface area contributed by atoms with E-state index in [-0.39, 0.29) is 11.7 Å². The number of hydrogen-bond acceptors (Lipinski definition) is 4. The van der Waals surface area contributed by atoms with Gasteiger partial charge in [0.1, 0.15) is 11.6 Å². The third-order valence-corrected chi connectivity index (χ3v) is 6.77. The first-order chi connectivity index (χ1) is 15.2. The van der Waals surface area contributed by atoms with Crippen LogP contribution in [-0.4, -0.2) is 49.6 Å². The number of halogens is 1. The van der Waals surface area contributed by atoms with Crippen LogP contribution in [0.3, 0.4) is 0 Å². The van der Waals surface area contributed by atoms with Crippen LogP contribution >= 0.6 is 0 Å². The number of anilines is 2. The highest BCUT2D eigenvalue weighted by atomic mass is 19.1. The lowest BCUT2D eigenvalue weighted by Crippen LogP contribution is -2.47. The molecule has 0 spiro atoms. The minimum atomic E-state index is -0.408. The lowest BCUT2D eigenvalue weighted by atomic mass is 9.90. The molecule has 6 heteroatoms. The number of hydrogen-bond donors (Lipinski definition) is 1. The van der Waals surface area contributed by atoms with E-state index in [4.69, 9.17) is 4.74 Å². The molecule has 1 fully saturated rings. The van der Waals surface area contributed by atoms with Gasteiger partial charge in [0.15, 0.2) is 6.10 Å². The van der Waals surface area contributed by atoms with Crippen molar-refractivity contribution in [1.29, 1.82) is 0 Å². The van der Waals surface area contributed by atoms with Crippen LogP contribution in [0.4, 0.5) is 15.8 Å². The maximum atomic E-state index is 13.1. The highest BCUT2D eigenvalue weighted by Gasteiger charge is 2.29. The monoisotopic (exact) mass is 423 g/mol. The maximum absolute atomic E-state index is 13.1. The van der Waals surface area contributed by atoms with Gasteiger partial charge in [-0.05, 0) is 92.6 Å². The van der Waals surface area contributed by atoms with Crippen molar-refractivity contribution >= 4 is 17.3 Å². The largest absolute Gasteiger partial charge is 0.478 e. The first-order valence-electron chi connectivity index (χ1n) is 11.5. The average Bonchev–Trinajstić information content (AvgIpc) is 2.79. The van der Waals surface area contributed by atoms with Gasteiger partial charge in [-0.15, -0.1) is 0 Å². The van der Waals surface area contributed by atoms with E-state index in [0.29, 0.717) is 0 Å². The second-order valence-corrected chi connectivity index (χ2v) is 8.87. The number of aryl methyl sites for hydroxylation is 2. The number of benzene rings is 2. The predicted molar refractivity (Wildman–Crippen MR) is 120 cm³/mol. The average molecular weight is 424 g/mol. The SMILES string of the molecule is O=C1Nc2cc3c(cc2OC1CCCN1CCN(c2ccc(F)cc2)CC1)CCCC3. The molecule has 0 radical (unpaired) electrons. The van der Waals surface area contributed by atoms with Gasteiger partial charge in [-0.1, -0.05) is 0 Å². The Balaban J connectivity index is 1.10. The normalized spacial score (nSPS) is 21.1. The van der Waals surface area contributed by atoms with Crippen molar-refractivity contribution in [3.05, 3.63) is 53.3 Å². The Morgan fingerprint density at radius 1 is 1.00 bits per heavy atom. The van der Waals surface area contributed by atoms with Gasteiger partial charge in [-0.25, -0.2) is 4.39 Å². The number of fused-ring (bicyclic) bond motifs is 2. The fourth-order valence-corrected chi connectivity index (χ4v) is 4.95. The molecule has 2 heterocycles. The quantitative estimate of drug-likeness (QED) is 0.789. The van der Waals surface area contributed by atoms with E-state index >= 15 is 0 Å². The maximum Gasteiger partial charge on any atom is 0.265 e. The number of piperazine rings is 1. The Labute approximate surface area is 183 Å². The van der Waals surface area contributed by atoms with Crippen molar-refractivity contribution < 1.29 is 13.9 Å². The Hall–Kier alpha value is -2.60. The van der Waals surface area contributed by atoms with E-state index in [1.165, 1.54) is 36.1 Å². The second-order valence-electron chi connectivity index (χ2n) is 8.87. The van der Waals surface area contributed by atoms with Crippen molar-refractivity contribution in [2.24, 2.45) is 0 Å². The molecule has 1 amide bonds. The number of carbonyl (C=O) groups excluding carboxylic acids is 1. The number of rotatable bonds is 5. The summed E-state index contributed by atoms with van der Waals surface area (Å²) >= 11 is 0. The topological polar surface area (TPSA) is 44.8 Å². The zero-order chi connectivity index (χ0) is 21.2. The van der Waals surface area contributed by atoms with Crippen LogP contribution in [0.25, 0.3) is 0 Å². The fourth-order valence-electron chi connectivity index (χ4n) is 4.95. The zero-order valence-electron chi connectivity index (χ0n) is 17.9. The minimum absolute atomic E-state index is 0.0237. The van der Waals surface area contributed by atoms with Crippen LogP contribution in [0.15, 0.2) is 36.4 Å². The second kappa shape index (κ2) is 8.87. The number of carbonyl (C=O) groups is 1. The number of amides is 1. The van der Waals surface area contributed by atoms with Crippen LogP contribution in [0.5, 0.6) is 5.75 Å². The molecule has 2 aliphatic heterocycles. The van der Waals surface area contributed by atoms with E-state index in [2.05, 4.69) is 27.2 Å². The summed E-state index contributed by atoms with van der Waals surface area (Å²) in [4.78, 5) is 17.3. The molecule has 5 nitrogen and oxygen atoms in total. The summed E-state index contributed by atoms with van der Waals surface area (Å²) in [6, 6.07) is 11.0. The van der Waals surface area contributed by atoms with Crippen LogP contribution in [0.1, 0.15) is 36.8 Å². The van der Waals surface area contributed by atoms with Gasteiger partial charge in [0, 0.05) is 31.9 Å². The van der Waals surface area contributed by atoms with Crippen LogP contribution in [0.2, 0.25) is 0 Å². The summed E-state index contributed by atoms with van der Waals surface area (Å²) in [6.07, 6.45) is 5.90.